The molecule has 178 valence electrons. The van der Waals surface area contributed by atoms with Crippen LogP contribution in [0.1, 0.15) is 105 Å². The molecule has 2 rings (SSSR count). The average molecular weight is 666 g/mol. The number of rotatable bonds is 3. The van der Waals surface area contributed by atoms with Crippen molar-refractivity contribution >= 4 is 41.3 Å². The van der Waals surface area contributed by atoms with Gasteiger partial charge in [0.2, 0.25) is 0 Å². The molecule has 0 spiro atoms. The number of benzene rings is 2. The molecule has 2 N–H and O–H groups in total. The molecule has 32 heavy (non-hydrogen) atoms. The van der Waals surface area contributed by atoms with Crippen molar-refractivity contribution in [1.82, 2.24) is 0 Å². The zero-order valence-corrected chi connectivity index (χ0v) is 26.7. The molecule has 0 aliphatic rings. The van der Waals surface area contributed by atoms with Gasteiger partial charge < -0.3 is 0 Å². The zero-order valence-electron chi connectivity index (χ0n) is 22.0. The van der Waals surface area contributed by atoms with Crippen molar-refractivity contribution in [3.63, 3.8) is 0 Å². The van der Waals surface area contributed by atoms with Gasteiger partial charge in [-0.2, -0.15) is 0 Å². The van der Waals surface area contributed by atoms with E-state index in [-0.39, 0.29) is 55.8 Å². The third-order valence-electron chi connectivity index (χ3n) is 5.63. The van der Waals surface area contributed by atoms with Gasteiger partial charge in [-0.25, -0.2) is 0 Å². The molecule has 2 aromatic carbocycles. The Kier molecular flexibility index (Phi) is 8.13. The maximum atomic E-state index is 11.0. The fraction of sp³-hybridized carbons (Fsp3) is 0.571. The van der Waals surface area contributed by atoms with Gasteiger partial charge in [-0.3, -0.25) is 0 Å². The van der Waals surface area contributed by atoms with Gasteiger partial charge in [0.25, 0.3) is 0 Å². The maximum absolute atomic E-state index is 11.0. The first-order valence-electron chi connectivity index (χ1n) is 11.3. The molecule has 0 fully saturated rings. The van der Waals surface area contributed by atoms with E-state index in [4.69, 9.17) is 0 Å². The topological polar surface area (TPSA) is 40.5 Å². The van der Waals surface area contributed by atoms with Gasteiger partial charge in [0.1, 0.15) is 0 Å². The van der Waals surface area contributed by atoms with Crippen LogP contribution in [0.15, 0.2) is 24.3 Å². The summed E-state index contributed by atoms with van der Waals surface area (Å²) >= 11 is -0.766. The molecule has 0 amide bonds. The molecule has 2 aromatic rings. The first kappa shape index (κ1) is 27.9. The fourth-order valence-electron chi connectivity index (χ4n) is 3.70. The Morgan fingerprint density at radius 1 is 0.438 bits per heavy atom. The zero-order chi connectivity index (χ0) is 24.9. The normalized spacial score (nSPS) is 13.5. The van der Waals surface area contributed by atoms with Crippen LogP contribution in [-0.4, -0.2) is 44.3 Å². The molecule has 0 radical (unpaired) electrons. The van der Waals surface area contributed by atoms with E-state index in [2.05, 4.69) is 107 Å². The molecule has 4 heteroatoms. The van der Waals surface area contributed by atoms with E-state index in [9.17, 15) is 10.2 Å². The Hall–Kier alpha value is -0.381. The first-order chi connectivity index (χ1) is 14.2. The predicted octanol–water partition coefficient (Wildman–Crippen LogP) is 5.56. The van der Waals surface area contributed by atoms with Crippen molar-refractivity contribution < 1.29 is 10.2 Å². The summed E-state index contributed by atoms with van der Waals surface area (Å²) in [6.07, 6.45) is 0. The summed E-state index contributed by atoms with van der Waals surface area (Å²) < 4.78 is 2.88. The second-order valence-electron chi connectivity index (χ2n) is 12.9. The SMILES string of the molecule is CC(C)(C)c1cc([Te][Te]c2cc(C(C)(C)C)c(O)c(C(C)(C)C)c2)cc(C(C)(C)C)c1O. The minimum atomic E-state index is -0.383. The van der Waals surface area contributed by atoms with Gasteiger partial charge in [0.15, 0.2) is 0 Å². The van der Waals surface area contributed by atoms with Gasteiger partial charge in [-0.15, -0.1) is 0 Å². The molecule has 2 nitrogen and oxygen atoms in total. The standard InChI is InChI=1S/C28H42O2Te2/c1-25(2,3)19-13-17(14-20(23(19)29)26(4,5)6)31-32-18-15-21(27(7,8)9)24(30)22(16-18)28(10,11)12/h13-16,29-30H,1-12H3. The molecule has 0 aliphatic carbocycles. The Morgan fingerprint density at radius 3 is 0.781 bits per heavy atom. The monoisotopic (exact) mass is 670 g/mol. The quantitative estimate of drug-likeness (QED) is 0.422. The van der Waals surface area contributed by atoms with E-state index < -0.39 is 0 Å². The number of hydrogen-bond acceptors (Lipinski definition) is 2. The van der Waals surface area contributed by atoms with E-state index in [0.29, 0.717) is 11.5 Å². The van der Waals surface area contributed by atoms with E-state index in [1.54, 1.807) is 0 Å². The number of phenolic OH excluding ortho intramolecular Hbond substituents is 2. The van der Waals surface area contributed by atoms with Crippen LogP contribution >= 0.6 is 0 Å². The van der Waals surface area contributed by atoms with E-state index in [1.807, 2.05) is 0 Å². The predicted molar refractivity (Wildman–Crippen MR) is 142 cm³/mol. The van der Waals surface area contributed by atoms with Crippen LogP contribution in [0, 0.1) is 0 Å². The van der Waals surface area contributed by atoms with Crippen molar-refractivity contribution in [2.24, 2.45) is 0 Å². The van der Waals surface area contributed by atoms with Crippen LogP contribution in [-0.2, 0) is 21.7 Å². The summed E-state index contributed by atoms with van der Waals surface area (Å²) in [5.41, 5.74) is 3.89. The molecular formula is C28H42O2Te2. The van der Waals surface area contributed by atoms with Crippen LogP contribution in [0.25, 0.3) is 0 Å². The second kappa shape index (κ2) is 9.34. The molecule has 0 heterocycles. The van der Waals surface area contributed by atoms with Crippen molar-refractivity contribution in [3.8, 4) is 11.5 Å². The van der Waals surface area contributed by atoms with Crippen molar-refractivity contribution in [2.75, 3.05) is 0 Å². The molecule has 0 bridgehead atoms. The molecule has 0 saturated carbocycles. The third-order valence-corrected chi connectivity index (χ3v) is 17.3. The third kappa shape index (κ3) is 6.60. The Labute approximate surface area is 212 Å². The molecule has 0 saturated heterocycles. The molecule has 0 aliphatic heterocycles. The van der Waals surface area contributed by atoms with Crippen LogP contribution in [0.2, 0.25) is 0 Å². The van der Waals surface area contributed by atoms with Gasteiger partial charge in [-0.1, -0.05) is 0 Å². The van der Waals surface area contributed by atoms with Crippen LogP contribution < -0.4 is 7.22 Å². The van der Waals surface area contributed by atoms with Crippen molar-refractivity contribution in [3.05, 3.63) is 46.5 Å². The summed E-state index contributed by atoms with van der Waals surface area (Å²) in [5.74, 6) is 0.938. The number of hydrogen-bond donors (Lipinski definition) is 2. The summed E-state index contributed by atoms with van der Waals surface area (Å²) in [6, 6.07) is 9.08. The second-order valence-corrected chi connectivity index (χ2v) is 22.9. The van der Waals surface area contributed by atoms with Gasteiger partial charge in [0, 0.05) is 0 Å². The van der Waals surface area contributed by atoms with Gasteiger partial charge >= 0.3 is 214 Å². The minimum absolute atomic E-state index is 0.0923. The molecule has 0 unspecified atom stereocenters. The van der Waals surface area contributed by atoms with Gasteiger partial charge in [0.05, 0.1) is 0 Å². The number of phenols is 2. The first-order valence-corrected chi connectivity index (χ1v) is 21.0. The molecule has 0 aromatic heterocycles. The Morgan fingerprint density at radius 2 is 0.625 bits per heavy atom. The van der Waals surface area contributed by atoms with Gasteiger partial charge in [-0.05, 0) is 0 Å². The summed E-state index contributed by atoms with van der Waals surface area (Å²) in [7, 11) is 0. The summed E-state index contributed by atoms with van der Waals surface area (Å²) in [5, 5.41) is 22.1. The van der Waals surface area contributed by atoms with Crippen molar-refractivity contribution in [2.45, 2.75) is 105 Å². The summed E-state index contributed by atoms with van der Waals surface area (Å²) in [6.45, 7) is 26.2. The number of aromatic hydroxyl groups is 2. The Balaban J connectivity index is 2.55. The van der Waals surface area contributed by atoms with Crippen LogP contribution in [0.4, 0.5) is 0 Å². The molecular weight excluding hydrogens is 624 g/mol. The fourth-order valence-corrected chi connectivity index (χ4v) is 13.5. The Bertz CT molecular complexity index is 827. The van der Waals surface area contributed by atoms with Crippen LogP contribution in [0.3, 0.4) is 0 Å². The van der Waals surface area contributed by atoms with E-state index in [1.165, 1.54) is 7.22 Å². The van der Waals surface area contributed by atoms with E-state index in [0.717, 1.165) is 22.3 Å². The molecule has 0 atom stereocenters. The van der Waals surface area contributed by atoms with Crippen molar-refractivity contribution in [1.29, 1.82) is 0 Å². The van der Waals surface area contributed by atoms with E-state index >= 15 is 0 Å². The summed E-state index contributed by atoms with van der Waals surface area (Å²) in [4.78, 5) is 0. The van der Waals surface area contributed by atoms with Crippen LogP contribution in [0.5, 0.6) is 11.5 Å². The average Bonchev–Trinajstić information content (AvgIpc) is 2.57.